The number of Topliss-reactive ketones (excluding diaryl/α,β-unsaturated/α-hetero) is 1. The smallest absolute Gasteiger partial charge is 0.363 e. The van der Waals surface area contributed by atoms with E-state index in [2.05, 4.69) is 0 Å². The van der Waals surface area contributed by atoms with Crippen molar-refractivity contribution in [2.75, 3.05) is 0 Å². The first kappa shape index (κ1) is 16.2. The molecule has 0 spiro atoms. The first-order valence-electron chi connectivity index (χ1n) is 6.67. The van der Waals surface area contributed by atoms with E-state index in [1.165, 1.54) is 0 Å². The molecule has 0 radical (unpaired) electrons. The van der Waals surface area contributed by atoms with Gasteiger partial charge < -0.3 is 4.74 Å². The van der Waals surface area contributed by atoms with Gasteiger partial charge in [-0.25, -0.2) is 9.18 Å². The molecule has 0 amide bonds. The van der Waals surface area contributed by atoms with Crippen molar-refractivity contribution in [1.82, 2.24) is 0 Å². The van der Waals surface area contributed by atoms with Gasteiger partial charge in [0.15, 0.2) is 5.78 Å². The summed E-state index contributed by atoms with van der Waals surface area (Å²) in [5.74, 6) is -2.07. The van der Waals surface area contributed by atoms with E-state index in [9.17, 15) is 14.0 Å². The fourth-order valence-electron chi connectivity index (χ4n) is 1.72. The zero-order valence-corrected chi connectivity index (χ0v) is 12.8. The number of carbonyl (C=O) groups is 2. The number of alkyl halides is 1. The number of rotatable bonds is 6. The van der Waals surface area contributed by atoms with Crippen LogP contribution in [-0.4, -0.2) is 16.8 Å². The van der Waals surface area contributed by atoms with E-state index in [4.69, 9.17) is 4.74 Å². The lowest BCUT2D eigenvalue weighted by Gasteiger charge is -2.20. The molecule has 0 aliphatic heterocycles. The highest BCUT2D eigenvalue weighted by atomic mass is 32.2. The molecule has 0 fully saturated rings. The monoisotopic (exact) mass is 318 g/mol. The fourth-order valence-corrected chi connectivity index (χ4v) is 2.63. The van der Waals surface area contributed by atoms with E-state index in [1.807, 2.05) is 6.07 Å². The number of ketones is 1. The zero-order valence-electron chi connectivity index (χ0n) is 12.0. The molecule has 1 atom stereocenters. The predicted molar refractivity (Wildman–Crippen MR) is 83.1 cm³/mol. The summed E-state index contributed by atoms with van der Waals surface area (Å²) in [6, 6.07) is 17.4. The number of benzene rings is 2. The van der Waals surface area contributed by atoms with Crippen LogP contribution < -0.4 is 0 Å². The Morgan fingerprint density at radius 1 is 1.05 bits per heavy atom. The van der Waals surface area contributed by atoms with E-state index in [-0.39, 0.29) is 6.61 Å². The number of ether oxygens (including phenoxy) is 1. The number of carbonyl (C=O) groups excluding carboxylic acids is 2. The van der Waals surface area contributed by atoms with Crippen molar-refractivity contribution in [3.63, 3.8) is 0 Å². The number of hydrogen-bond acceptors (Lipinski definition) is 4. The van der Waals surface area contributed by atoms with Gasteiger partial charge in [-0.2, -0.15) is 0 Å². The van der Waals surface area contributed by atoms with Crippen molar-refractivity contribution in [2.45, 2.75) is 23.4 Å². The maximum absolute atomic E-state index is 14.8. The van der Waals surface area contributed by atoms with Gasteiger partial charge in [-0.15, -0.1) is 0 Å². The van der Waals surface area contributed by atoms with Crippen LogP contribution in [0.15, 0.2) is 65.6 Å². The molecule has 2 aromatic carbocycles. The Balaban J connectivity index is 2.09. The van der Waals surface area contributed by atoms with Gasteiger partial charge in [-0.3, -0.25) is 4.79 Å². The number of thioether (sulfide) groups is 1. The molecule has 2 rings (SSSR count). The Morgan fingerprint density at radius 3 is 2.14 bits per heavy atom. The molecule has 0 aromatic heterocycles. The van der Waals surface area contributed by atoms with Gasteiger partial charge in [0.2, 0.25) is 0 Å². The average Bonchev–Trinajstić information content (AvgIpc) is 2.54. The van der Waals surface area contributed by atoms with Crippen molar-refractivity contribution in [1.29, 1.82) is 0 Å². The average molecular weight is 318 g/mol. The molecule has 1 unspecified atom stereocenters. The van der Waals surface area contributed by atoms with Gasteiger partial charge in [-0.05, 0) is 24.6 Å². The van der Waals surface area contributed by atoms with Crippen LogP contribution in [0.3, 0.4) is 0 Å². The van der Waals surface area contributed by atoms with Gasteiger partial charge in [0.05, 0.1) is 0 Å². The summed E-state index contributed by atoms with van der Waals surface area (Å²) in [7, 11) is 0. The first-order chi connectivity index (χ1) is 10.5. The summed E-state index contributed by atoms with van der Waals surface area (Å²) in [5, 5.41) is -2.74. The second kappa shape index (κ2) is 7.22. The minimum Gasteiger partial charge on any atom is -0.457 e. The molecule has 5 heteroatoms. The summed E-state index contributed by atoms with van der Waals surface area (Å²) >= 11 is 0.552. The van der Waals surface area contributed by atoms with Crippen molar-refractivity contribution >= 4 is 23.5 Å². The molecule has 3 nitrogen and oxygen atoms in total. The highest BCUT2D eigenvalue weighted by Gasteiger charge is 2.47. The Bertz CT molecular complexity index is 645. The Labute approximate surface area is 132 Å². The van der Waals surface area contributed by atoms with Crippen LogP contribution in [-0.2, 0) is 20.9 Å². The lowest BCUT2D eigenvalue weighted by atomic mass is 10.2. The molecule has 0 aliphatic rings. The molecule has 0 aliphatic carbocycles. The summed E-state index contributed by atoms with van der Waals surface area (Å²) in [4.78, 5) is 24.2. The van der Waals surface area contributed by atoms with Crippen LogP contribution in [0.2, 0.25) is 0 Å². The van der Waals surface area contributed by atoms with E-state index in [1.54, 1.807) is 54.6 Å². The number of esters is 1. The number of hydrogen-bond donors (Lipinski definition) is 0. The highest BCUT2D eigenvalue weighted by Crippen LogP contribution is 2.36. The summed E-state index contributed by atoms with van der Waals surface area (Å²) in [5.41, 5.74) is 0.728. The lowest BCUT2D eigenvalue weighted by Crippen LogP contribution is -2.39. The third kappa shape index (κ3) is 3.95. The second-order valence-electron chi connectivity index (χ2n) is 4.63. The minimum atomic E-state index is -2.74. The molecule has 0 heterocycles. The number of halogens is 1. The third-order valence-electron chi connectivity index (χ3n) is 2.93. The molecule has 0 saturated carbocycles. The van der Waals surface area contributed by atoms with Gasteiger partial charge in [0.1, 0.15) is 6.61 Å². The van der Waals surface area contributed by atoms with Crippen LogP contribution in [0, 0.1) is 0 Å². The van der Waals surface area contributed by atoms with Crippen LogP contribution in [0.4, 0.5) is 4.39 Å². The van der Waals surface area contributed by atoms with E-state index in [0.717, 1.165) is 12.5 Å². The second-order valence-corrected chi connectivity index (χ2v) is 5.87. The Hall–Kier alpha value is -2.14. The minimum absolute atomic E-state index is 0.0754. The molecule has 2 aromatic rings. The third-order valence-corrected chi connectivity index (χ3v) is 4.17. The topological polar surface area (TPSA) is 43.4 Å². The van der Waals surface area contributed by atoms with E-state index >= 15 is 0 Å². The largest absolute Gasteiger partial charge is 0.457 e. The zero-order chi connectivity index (χ0) is 16.0. The van der Waals surface area contributed by atoms with Crippen LogP contribution in [0.5, 0.6) is 0 Å². The summed E-state index contributed by atoms with van der Waals surface area (Å²) in [6.45, 7) is 0.966. The normalized spacial score (nSPS) is 13.2. The molecule has 22 heavy (non-hydrogen) atoms. The maximum Gasteiger partial charge on any atom is 0.363 e. The quantitative estimate of drug-likeness (QED) is 0.462. The van der Waals surface area contributed by atoms with Gasteiger partial charge in [0.25, 0.3) is 0 Å². The van der Waals surface area contributed by atoms with Crippen molar-refractivity contribution in [2.24, 2.45) is 0 Å². The molecule has 0 saturated heterocycles. The van der Waals surface area contributed by atoms with Crippen molar-refractivity contribution < 1.29 is 18.7 Å². The molecular formula is C17H15FO3S. The van der Waals surface area contributed by atoms with Gasteiger partial charge in [0, 0.05) is 4.90 Å². The summed E-state index contributed by atoms with van der Waals surface area (Å²) in [6.07, 6.45) is 0. The van der Waals surface area contributed by atoms with Crippen LogP contribution in [0.25, 0.3) is 0 Å². The van der Waals surface area contributed by atoms with Gasteiger partial charge in [-0.1, -0.05) is 60.3 Å². The van der Waals surface area contributed by atoms with E-state index in [0.29, 0.717) is 16.7 Å². The van der Waals surface area contributed by atoms with Crippen molar-refractivity contribution in [3.8, 4) is 0 Å². The molecular weight excluding hydrogens is 303 g/mol. The van der Waals surface area contributed by atoms with Crippen LogP contribution >= 0.6 is 11.8 Å². The SMILES string of the molecule is CC(=O)C(F)(Sc1ccccc1)C(=O)OCc1ccccc1. The Kier molecular flexibility index (Phi) is 5.33. The molecule has 0 bridgehead atoms. The van der Waals surface area contributed by atoms with Crippen molar-refractivity contribution in [3.05, 3.63) is 66.2 Å². The summed E-state index contributed by atoms with van der Waals surface area (Å²) < 4.78 is 19.8. The Morgan fingerprint density at radius 2 is 1.59 bits per heavy atom. The standard InChI is InChI=1S/C17H15FO3S/c1-13(19)17(18,22-15-10-6-3-7-11-15)16(20)21-12-14-8-4-2-5-9-14/h2-11H,12H2,1H3. The highest BCUT2D eigenvalue weighted by molar-refractivity contribution is 8.02. The van der Waals surface area contributed by atoms with E-state index < -0.39 is 16.8 Å². The van der Waals surface area contributed by atoms with Gasteiger partial charge >= 0.3 is 11.0 Å². The predicted octanol–water partition coefficient (Wildman–Crippen LogP) is 3.78. The van der Waals surface area contributed by atoms with Crippen LogP contribution in [0.1, 0.15) is 12.5 Å². The maximum atomic E-state index is 14.8. The first-order valence-corrected chi connectivity index (χ1v) is 7.49. The molecule has 0 N–H and O–H groups in total. The lowest BCUT2D eigenvalue weighted by molar-refractivity contribution is -0.156. The fraction of sp³-hybridized carbons (Fsp3) is 0.176. The molecule has 114 valence electrons.